The van der Waals surface area contributed by atoms with Crippen molar-refractivity contribution in [1.82, 2.24) is 0 Å². The van der Waals surface area contributed by atoms with Gasteiger partial charge in [-0.15, -0.1) is 0 Å². The van der Waals surface area contributed by atoms with Crippen LogP contribution >= 0.6 is 45.2 Å². The van der Waals surface area contributed by atoms with E-state index in [4.69, 9.17) is 0 Å². The average molecular weight is 378 g/mol. The van der Waals surface area contributed by atoms with E-state index in [9.17, 15) is 5.11 Å². The zero-order valence-corrected chi connectivity index (χ0v) is 10.6. The van der Waals surface area contributed by atoms with E-state index < -0.39 is 5.60 Å². The number of aliphatic hydroxyl groups is 1. The van der Waals surface area contributed by atoms with Gasteiger partial charge in [0.2, 0.25) is 0 Å². The maximum absolute atomic E-state index is 10.1. The zero-order valence-electron chi connectivity index (χ0n) is 6.32. The molecule has 1 aliphatic carbocycles. The summed E-state index contributed by atoms with van der Waals surface area (Å²) in [6.07, 6.45) is 5.53. The number of halogens is 2. The van der Waals surface area contributed by atoms with E-state index in [0.29, 0.717) is 0 Å². The molecule has 1 N–H and O–H groups in total. The molecule has 11 heavy (non-hydrogen) atoms. The SMILES string of the molecule is OC1(/C(I)=C\I)CCCCC1. The van der Waals surface area contributed by atoms with Crippen LogP contribution in [0, 0.1) is 0 Å². The van der Waals surface area contributed by atoms with Crippen molar-refractivity contribution in [2.45, 2.75) is 37.7 Å². The first-order valence-corrected chi connectivity index (χ1v) is 6.20. The normalized spacial score (nSPS) is 25.2. The molecule has 0 saturated heterocycles. The average Bonchev–Trinajstić information content (AvgIpc) is 2.04. The van der Waals surface area contributed by atoms with Crippen LogP contribution in [-0.4, -0.2) is 10.7 Å². The van der Waals surface area contributed by atoms with E-state index >= 15 is 0 Å². The van der Waals surface area contributed by atoms with Crippen molar-refractivity contribution in [3.8, 4) is 0 Å². The Kier molecular flexibility index (Phi) is 4.11. The zero-order chi connectivity index (χ0) is 8.32. The Morgan fingerprint density at radius 3 is 2.27 bits per heavy atom. The highest BCUT2D eigenvalue weighted by atomic mass is 127. The highest BCUT2D eigenvalue weighted by molar-refractivity contribution is 14.1. The number of hydrogen-bond donors (Lipinski definition) is 1. The molecule has 64 valence electrons. The van der Waals surface area contributed by atoms with Crippen molar-refractivity contribution < 1.29 is 5.11 Å². The van der Waals surface area contributed by atoms with Gasteiger partial charge in [0, 0.05) is 3.58 Å². The molecule has 1 rings (SSSR count). The molecule has 0 aromatic rings. The molecule has 0 heterocycles. The largest absolute Gasteiger partial charge is 0.385 e. The van der Waals surface area contributed by atoms with E-state index in [-0.39, 0.29) is 0 Å². The van der Waals surface area contributed by atoms with Gasteiger partial charge in [-0.2, -0.15) is 0 Å². The highest BCUT2D eigenvalue weighted by Gasteiger charge is 2.31. The van der Waals surface area contributed by atoms with Crippen molar-refractivity contribution in [3.63, 3.8) is 0 Å². The van der Waals surface area contributed by atoms with Gasteiger partial charge in [0.05, 0.1) is 5.60 Å². The van der Waals surface area contributed by atoms with Gasteiger partial charge in [0.1, 0.15) is 0 Å². The van der Waals surface area contributed by atoms with Crippen LogP contribution in [0.3, 0.4) is 0 Å². The third-order valence-corrected chi connectivity index (χ3v) is 5.35. The second-order valence-corrected chi connectivity index (χ2v) is 4.83. The van der Waals surface area contributed by atoms with Gasteiger partial charge in [-0.05, 0) is 39.5 Å². The molecule has 0 amide bonds. The lowest BCUT2D eigenvalue weighted by molar-refractivity contribution is 0.0498. The Morgan fingerprint density at radius 2 is 1.82 bits per heavy atom. The summed E-state index contributed by atoms with van der Waals surface area (Å²) in [5.74, 6) is 0. The summed E-state index contributed by atoms with van der Waals surface area (Å²) < 4.78 is 3.10. The summed E-state index contributed by atoms with van der Waals surface area (Å²) >= 11 is 4.44. The van der Waals surface area contributed by atoms with Crippen LogP contribution in [0.4, 0.5) is 0 Å². The van der Waals surface area contributed by atoms with E-state index in [1.807, 2.05) is 4.08 Å². The summed E-state index contributed by atoms with van der Waals surface area (Å²) in [7, 11) is 0. The van der Waals surface area contributed by atoms with E-state index in [0.717, 1.165) is 16.4 Å². The van der Waals surface area contributed by atoms with Crippen LogP contribution in [0.1, 0.15) is 32.1 Å². The quantitative estimate of drug-likeness (QED) is 0.694. The highest BCUT2D eigenvalue weighted by Crippen LogP contribution is 2.37. The van der Waals surface area contributed by atoms with E-state index in [2.05, 4.69) is 45.2 Å². The van der Waals surface area contributed by atoms with Crippen LogP contribution in [-0.2, 0) is 0 Å². The first-order chi connectivity index (χ1) is 5.19. The lowest BCUT2D eigenvalue weighted by atomic mass is 9.85. The predicted octanol–water partition coefficient (Wildman–Crippen LogP) is 3.39. The fourth-order valence-corrected chi connectivity index (χ4v) is 2.60. The molecule has 0 aromatic heterocycles. The number of hydrogen-bond acceptors (Lipinski definition) is 1. The molecule has 0 bridgehead atoms. The van der Waals surface area contributed by atoms with E-state index in [1.54, 1.807) is 0 Å². The second kappa shape index (κ2) is 4.41. The molecule has 1 fully saturated rings. The van der Waals surface area contributed by atoms with Crippen molar-refractivity contribution >= 4 is 45.2 Å². The maximum atomic E-state index is 10.1. The van der Waals surface area contributed by atoms with Gasteiger partial charge in [-0.25, -0.2) is 0 Å². The minimum absolute atomic E-state index is 0.472. The summed E-state index contributed by atoms with van der Waals surface area (Å²) in [5, 5.41) is 10.1. The van der Waals surface area contributed by atoms with Gasteiger partial charge in [-0.1, -0.05) is 41.9 Å². The predicted molar refractivity (Wildman–Crippen MR) is 64.2 cm³/mol. The van der Waals surface area contributed by atoms with Gasteiger partial charge in [-0.3, -0.25) is 0 Å². The molecule has 3 heteroatoms. The Hall–Kier alpha value is 1.16. The molecule has 1 saturated carbocycles. The lowest BCUT2D eigenvalue weighted by Crippen LogP contribution is -2.31. The Bertz CT molecular complexity index is 159. The molecule has 0 aromatic carbocycles. The first-order valence-electron chi connectivity index (χ1n) is 3.88. The van der Waals surface area contributed by atoms with Crippen LogP contribution in [0.15, 0.2) is 7.66 Å². The molecule has 1 aliphatic rings. The molecular formula is C8H12I2O. The molecule has 1 nitrogen and oxygen atoms in total. The fourth-order valence-electron chi connectivity index (χ4n) is 1.48. The van der Waals surface area contributed by atoms with Crippen LogP contribution in [0.25, 0.3) is 0 Å². The molecule has 0 atom stereocenters. The van der Waals surface area contributed by atoms with Gasteiger partial charge in [0.25, 0.3) is 0 Å². The summed E-state index contributed by atoms with van der Waals surface area (Å²) in [6.45, 7) is 0. The van der Waals surface area contributed by atoms with Crippen molar-refractivity contribution in [2.24, 2.45) is 0 Å². The second-order valence-electron chi connectivity index (χ2n) is 3.05. The van der Waals surface area contributed by atoms with Crippen molar-refractivity contribution in [2.75, 3.05) is 0 Å². The van der Waals surface area contributed by atoms with E-state index in [1.165, 1.54) is 19.3 Å². The van der Waals surface area contributed by atoms with Crippen LogP contribution in [0.5, 0.6) is 0 Å². The van der Waals surface area contributed by atoms with Crippen LogP contribution in [0.2, 0.25) is 0 Å². The third kappa shape index (κ3) is 2.55. The monoisotopic (exact) mass is 378 g/mol. The Balaban J connectivity index is 2.64. The maximum Gasteiger partial charge on any atom is 0.0957 e. The first kappa shape index (κ1) is 10.2. The minimum atomic E-state index is -0.472. The van der Waals surface area contributed by atoms with Crippen molar-refractivity contribution in [1.29, 1.82) is 0 Å². The van der Waals surface area contributed by atoms with Crippen LogP contribution < -0.4 is 0 Å². The van der Waals surface area contributed by atoms with Gasteiger partial charge in [0.15, 0.2) is 0 Å². The van der Waals surface area contributed by atoms with Crippen molar-refractivity contribution in [3.05, 3.63) is 7.66 Å². The standard InChI is InChI=1S/C8H12I2O/c9-6-7(10)8(11)4-2-1-3-5-8/h6,11H,1-5H2/b7-6+. The molecule has 0 radical (unpaired) electrons. The number of rotatable bonds is 1. The van der Waals surface area contributed by atoms with Gasteiger partial charge >= 0.3 is 0 Å². The summed E-state index contributed by atoms with van der Waals surface area (Å²) in [6, 6.07) is 0. The smallest absolute Gasteiger partial charge is 0.0957 e. The minimum Gasteiger partial charge on any atom is -0.385 e. The molecule has 0 aliphatic heterocycles. The lowest BCUT2D eigenvalue weighted by Gasteiger charge is -2.31. The third-order valence-electron chi connectivity index (χ3n) is 2.22. The summed E-state index contributed by atoms with van der Waals surface area (Å²) in [4.78, 5) is 0. The fraction of sp³-hybridized carbons (Fsp3) is 0.750. The molecule has 0 spiro atoms. The topological polar surface area (TPSA) is 20.2 Å². The summed E-state index contributed by atoms with van der Waals surface area (Å²) in [5.41, 5.74) is -0.472. The van der Waals surface area contributed by atoms with Gasteiger partial charge < -0.3 is 5.11 Å². The molecule has 0 unspecified atom stereocenters. The molecular weight excluding hydrogens is 366 g/mol. The Labute approximate surface area is 94.9 Å². The Morgan fingerprint density at radius 1 is 1.27 bits per heavy atom.